The maximum absolute atomic E-state index is 14.8. The normalized spacial score (nSPS) is 21.2. The first-order valence-corrected chi connectivity index (χ1v) is 15.2. The van der Waals surface area contributed by atoms with Gasteiger partial charge in [0.05, 0.1) is 28.3 Å². The number of aryl methyl sites for hydroxylation is 1. The Bertz CT molecular complexity index is 1480. The molecule has 1 fully saturated rings. The SMILES string of the molecule is C[C@@H]1CCc2c(sc3nc(SCC(=O)N(C)[C@H]4CCS(=O)(=O)C4)n(-c4ccccc4F)c(=O)c23)C1. The number of thiophene rings is 1. The molecular weight excluding hydrogens is 509 g/mol. The van der Waals surface area contributed by atoms with Gasteiger partial charge in [-0.25, -0.2) is 17.8 Å². The highest BCUT2D eigenvalue weighted by Crippen LogP contribution is 2.37. The summed E-state index contributed by atoms with van der Waals surface area (Å²) in [5, 5.41) is 0.796. The van der Waals surface area contributed by atoms with Gasteiger partial charge >= 0.3 is 0 Å². The third-order valence-corrected chi connectivity index (χ3v) is 10.7. The van der Waals surface area contributed by atoms with Crippen LogP contribution in [0.3, 0.4) is 0 Å². The fraction of sp³-hybridized carbons (Fsp3) is 0.458. The summed E-state index contributed by atoms with van der Waals surface area (Å²) in [4.78, 5) is 34.6. The third kappa shape index (κ3) is 4.65. The van der Waals surface area contributed by atoms with Gasteiger partial charge in [-0.2, -0.15) is 0 Å². The number of hydrogen-bond donors (Lipinski definition) is 0. The Kier molecular flexibility index (Phi) is 6.52. The van der Waals surface area contributed by atoms with Crippen molar-refractivity contribution in [2.45, 2.75) is 43.8 Å². The molecule has 0 saturated carbocycles. The van der Waals surface area contributed by atoms with Crippen LogP contribution in [0, 0.1) is 11.7 Å². The highest BCUT2D eigenvalue weighted by Gasteiger charge is 2.33. The lowest BCUT2D eigenvalue weighted by Crippen LogP contribution is -2.39. The van der Waals surface area contributed by atoms with E-state index in [9.17, 15) is 22.4 Å². The first-order valence-electron chi connectivity index (χ1n) is 11.6. The number of rotatable bonds is 5. The van der Waals surface area contributed by atoms with E-state index in [0.29, 0.717) is 22.6 Å². The molecule has 1 saturated heterocycles. The lowest BCUT2D eigenvalue weighted by molar-refractivity contribution is -0.128. The molecule has 0 N–H and O–H groups in total. The predicted octanol–water partition coefficient (Wildman–Crippen LogP) is 3.45. The molecule has 3 aromatic rings. The van der Waals surface area contributed by atoms with E-state index >= 15 is 0 Å². The topological polar surface area (TPSA) is 89.3 Å². The minimum absolute atomic E-state index is 0.0385. The second-order valence-electron chi connectivity index (χ2n) is 9.37. The molecule has 0 spiro atoms. The number of carbonyl (C=O) groups is 1. The van der Waals surface area contributed by atoms with Crippen molar-refractivity contribution >= 4 is 49.1 Å². The largest absolute Gasteiger partial charge is 0.341 e. The highest BCUT2D eigenvalue weighted by atomic mass is 32.2. The molecule has 1 amide bonds. The van der Waals surface area contributed by atoms with Crippen molar-refractivity contribution in [1.82, 2.24) is 14.5 Å². The Morgan fingerprint density at radius 3 is 2.80 bits per heavy atom. The number of amides is 1. The van der Waals surface area contributed by atoms with Crippen molar-refractivity contribution in [2.75, 3.05) is 24.3 Å². The lowest BCUT2D eigenvalue weighted by atomic mass is 9.89. The molecule has 0 radical (unpaired) electrons. The van der Waals surface area contributed by atoms with Crippen molar-refractivity contribution < 1.29 is 17.6 Å². The average molecular weight is 536 g/mol. The minimum Gasteiger partial charge on any atom is -0.341 e. The van der Waals surface area contributed by atoms with Crippen molar-refractivity contribution in [3.05, 3.63) is 50.9 Å². The van der Waals surface area contributed by atoms with E-state index in [1.807, 2.05) is 0 Å². The van der Waals surface area contributed by atoms with Crippen LogP contribution in [-0.4, -0.2) is 59.1 Å². The van der Waals surface area contributed by atoms with Gasteiger partial charge in [0.15, 0.2) is 15.0 Å². The van der Waals surface area contributed by atoms with Gasteiger partial charge < -0.3 is 4.90 Å². The number of thioether (sulfide) groups is 1. The van der Waals surface area contributed by atoms with E-state index in [-0.39, 0.29) is 45.6 Å². The van der Waals surface area contributed by atoms with E-state index in [1.54, 1.807) is 19.2 Å². The number of nitrogens with zero attached hydrogens (tertiary/aromatic N) is 3. The number of aromatic nitrogens is 2. The van der Waals surface area contributed by atoms with Crippen molar-refractivity contribution in [2.24, 2.45) is 5.92 Å². The summed E-state index contributed by atoms with van der Waals surface area (Å²) in [6, 6.07) is 5.69. The van der Waals surface area contributed by atoms with E-state index in [4.69, 9.17) is 4.98 Å². The molecule has 2 atom stereocenters. The Labute approximate surface area is 211 Å². The first-order chi connectivity index (χ1) is 16.6. The van der Waals surface area contributed by atoms with Gasteiger partial charge in [0.1, 0.15) is 10.6 Å². The molecule has 5 rings (SSSR count). The van der Waals surface area contributed by atoms with Gasteiger partial charge in [-0.1, -0.05) is 30.8 Å². The molecule has 0 unspecified atom stereocenters. The van der Waals surface area contributed by atoms with Crippen molar-refractivity contribution in [3.63, 3.8) is 0 Å². The summed E-state index contributed by atoms with van der Waals surface area (Å²) in [7, 11) is -1.52. The van der Waals surface area contributed by atoms with Crippen LogP contribution in [0.5, 0.6) is 0 Å². The van der Waals surface area contributed by atoms with E-state index in [1.165, 1.54) is 32.9 Å². The standard InChI is InChI=1S/C24H26FN3O4S3/c1-14-7-8-16-19(11-14)34-22-21(16)23(30)28(18-6-4-3-5-17(18)25)24(26-22)33-12-20(29)27(2)15-9-10-35(31,32)13-15/h3-6,14-15H,7-13H2,1-2H3/t14-,15+/m1/s1. The molecular formula is C24H26FN3O4S3. The predicted molar refractivity (Wildman–Crippen MR) is 137 cm³/mol. The van der Waals surface area contributed by atoms with Crippen LogP contribution in [0.2, 0.25) is 0 Å². The minimum atomic E-state index is -3.12. The Morgan fingerprint density at radius 2 is 2.09 bits per heavy atom. The number of hydrogen-bond acceptors (Lipinski definition) is 7. The zero-order valence-electron chi connectivity index (χ0n) is 19.5. The summed E-state index contributed by atoms with van der Waals surface area (Å²) in [6.07, 6.45) is 3.10. The number of para-hydroxylation sites is 1. The Hall–Kier alpha value is -2.24. The quantitative estimate of drug-likeness (QED) is 0.367. The molecule has 7 nitrogen and oxygen atoms in total. The van der Waals surface area contributed by atoms with Crippen LogP contribution in [0.1, 0.15) is 30.2 Å². The number of halogens is 1. The summed E-state index contributed by atoms with van der Waals surface area (Å²) in [6.45, 7) is 2.19. The molecule has 1 aliphatic carbocycles. The smallest absolute Gasteiger partial charge is 0.267 e. The number of fused-ring (bicyclic) bond motifs is 3. The number of carbonyl (C=O) groups excluding carboxylic acids is 1. The number of sulfone groups is 1. The van der Waals surface area contributed by atoms with Crippen LogP contribution in [0.15, 0.2) is 34.2 Å². The molecule has 35 heavy (non-hydrogen) atoms. The van der Waals surface area contributed by atoms with Crippen LogP contribution < -0.4 is 5.56 Å². The third-order valence-electron chi connectivity index (χ3n) is 6.87. The van der Waals surface area contributed by atoms with Crippen LogP contribution in [0.4, 0.5) is 4.39 Å². The molecule has 0 bridgehead atoms. The van der Waals surface area contributed by atoms with Gasteiger partial charge in [-0.05, 0) is 49.3 Å². The maximum Gasteiger partial charge on any atom is 0.267 e. The Balaban J connectivity index is 1.53. The zero-order valence-corrected chi connectivity index (χ0v) is 21.9. The molecule has 3 heterocycles. The molecule has 1 aromatic carbocycles. The van der Waals surface area contributed by atoms with Gasteiger partial charge in [0.25, 0.3) is 5.56 Å². The van der Waals surface area contributed by atoms with Gasteiger partial charge in [-0.15, -0.1) is 11.3 Å². The van der Waals surface area contributed by atoms with Crippen LogP contribution >= 0.6 is 23.1 Å². The highest BCUT2D eigenvalue weighted by molar-refractivity contribution is 7.99. The average Bonchev–Trinajstić information content (AvgIpc) is 3.36. The fourth-order valence-corrected chi connectivity index (χ4v) is 8.95. The Morgan fingerprint density at radius 1 is 1.31 bits per heavy atom. The zero-order chi connectivity index (χ0) is 24.9. The second-order valence-corrected chi connectivity index (χ2v) is 13.6. The summed E-state index contributed by atoms with van der Waals surface area (Å²) < 4.78 is 39.7. The maximum atomic E-state index is 14.8. The molecule has 2 aromatic heterocycles. The van der Waals surface area contributed by atoms with Crippen molar-refractivity contribution in [1.29, 1.82) is 0 Å². The summed E-state index contributed by atoms with van der Waals surface area (Å²) in [5.74, 6) is -0.272. The van der Waals surface area contributed by atoms with Gasteiger partial charge in [0.2, 0.25) is 5.91 Å². The fourth-order valence-electron chi connectivity index (χ4n) is 4.83. The van der Waals surface area contributed by atoms with E-state index < -0.39 is 15.7 Å². The van der Waals surface area contributed by atoms with E-state index in [2.05, 4.69) is 6.92 Å². The van der Waals surface area contributed by atoms with Crippen LogP contribution in [0.25, 0.3) is 15.9 Å². The summed E-state index contributed by atoms with van der Waals surface area (Å²) >= 11 is 2.58. The number of benzene rings is 1. The van der Waals surface area contributed by atoms with Gasteiger partial charge in [-0.3, -0.25) is 14.2 Å². The molecule has 1 aliphatic heterocycles. The van der Waals surface area contributed by atoms with E-state index in [0.717, 1.165) is 41.5 Å². The molecule has 2 aliphatic rings. The monoisotopic (exact) mass is 535 g/mol. The summed E-state index contributed by atoms with van der Waals surface area (Å²) in [5.41, 5.74) is 0.791. The first kappa shape index (κ1) is 24.5. The van der Waals surface area contributed by atoms with Crippen LogP contribution in [-0.2, 0) is 27.5 Å². The van der Waals surface area contributed by atoms with Crippen molar-refractivity contribution in [3.8, 4) is 5.69 Å². The lowest BCUT2D eigenvalue weighted by Gasteiger charge is -2.23. The molecule has 11 heteroatoms. The molecule has 186 valence electrons. The second kappa shape index (κ2) is 9.33. The van der Waals surface area contributed by atoms with Gasteiger partial charge in [0, 0.05) is 18.0 Å².